The van der Waals surface area contributed by atoms with Crippen LogP contribution >= 0.6 is 11.6 Å². The summed E-state index contributed by atoms with van der Waals surface area (Å²) in [5.41, 5.74) is 4.10. The van der Waals surface area contributed by atoms with Gasteiger partial charge in [0, 0.05) is 30.3 Å². The average molecular weight is 602 g/mol. The molecule has 0 spiro atoms. The molecule has 3 heterocycles. The number of hydrogen-bond acceptors (Lipinski definition) is 6. The molecule has 222 valence electrons. The third kappa shape index (κ3) is 5.34. The highest BCUT2D eigenvalue weighted by atomic mass is 35.5. The van der Waals surface area contributed by atoms with Gasteiger partial charge in [0.1, 0.15) is 5.82 Å². The number of pyridine rings is 1. The Bertz CT molecular complexity index is 1650. The normalized spacial score (nSPS) is 25.7. The van der Waals surface area contributed by atoms with E-state index in [1.807, 2.05) is 18.3 Å². The Morgan fingerprint density at radius 1 is 1.21 bits per heavy atom. The number of para-hydroxylation sites is 1. The summed E-state index contributed by atoms with van der Waals surface area (Å²) >= 11 is 5.97. The van der Waals surface area contributed by atoms with Crippen LogP contribution in [0.1, 0.15) is 78.8 Å². The Labute approximate surface area is 255 Å². The van der Waals surface area contributed by atoms with Crippen molar-refractivity contribution in [2.75, 3.05) is 13.1 Å². The lowest BCUT2D eigenvalue weighted by molar-refractivity contribution is -0.138. The Morgan fingerprint density at radius 2 is 2.00 bits per heavy atom. The van der Waals surface area contributed by atoms with Crippen LogP contribution in [0.3, 0.4) is 0 Å². The second-order valence-electron chi connectivity index (χ2n) is 12.7. The molecular weight excluding hydrogens is 569 g/mol. The number of nitrogens with zero attached hydrogens (tertiary/aromatic N) is 3. The van der Waals surface area contributed by atoms with Crippen LogP contribution in [0.5, 0.6) is 11.5 Å². The first-order valence-electron chi connectivity index (χ1n) is 15.0. The molecule has 0 bridgehead atoms. The second-order valence-corrected chi connectivity index (χ2v) is 13.2. The van der Waals surface area contributed by atoms with E-state index in [2.05, 4.69) is 23.1 Å². The first-order chi connectivity index (χ1) is 20.7. The summed E-state index contributed by atoms with van der Waals surface area (Å²) in [6.07, 6.45) is 6.80. The standard InChI is InChI=1S/C34H33ClFN3O4/c1-33(27-6-5-23(35)14-28(27)36)42-30-4-2-3-24(31(30)43-33)20-7-11-39(12-8-20)18-29-21(16-34(19-37)9-10-34)13-22(17-38-29)25-15-26(25)32(40)41/h2-6,13-14,17,20,25-26H,7-12,15-16,18H2,1H3,(H,40,41)/t25-,26?,33+/m1/s1. The third-order valence-corrected chi connectivity index (χ3v) is 9.90. The summed E-state index contributed by atoms with van der Waals surface area (Å²) in [6, 6.07) is 15.0. The number of carboxylic acids is 1. The summed E-state index contributed by atoms with van der Waals surface area (Å²) in [5.74, 6) is -1.28. The Balaban J connectivity index is 1.05. The van der Waals surface area contributed by atoms with Crippen LogP contribution in [0, 0.1) is 28.5 Å². The van der Waals surface area contributed by atoms with E-state index in [9.17, 15) is 19.6 Å². The smallest absolute Gasteiger partial charge is 0.307 e. The molecule has 3 aromatic rings. The molecule has 7 nitrogen and oxygen atoms in total. The molecular formula is C34H33ClFN3O4. The number of fused-ring (bicyclic) bond motifs is 1. The molecule has 9 heteroatoms. The van der Waals surface area contributed by atoms with Gasteiger partial charge in [-0.15, -0.1) is 0 Å². The van der Waals surface area contributed by atoms with Gasteiger partial charge in [-0.2, -0.15) is 5.26 Å². The molecule has 1 unspecified atom stereocenters. The highest BCUT2D eigenvalue weighted by molar-refractivity contribution is 6.30. The molecule has 2 aromatic carbocycles. The number of likely N-dealkylation sites (tertiary alicyclic amines) is 1. The van der Waals surface area contributed by atoms with Gasteiger partial charge in [0.05, 0.1) is 28.7 Å². The van der Waals surface area contributed by atoms with Crippen LogP contribution in [0.2, 0.25) is 5.02 Å². The molecule has 0 radical (unpaired) electrons. The lowest BCUT2D eigenvalue weighted by Gasteiger charge is -2.33. The van der Waals surface area contributed by atoms with Crippen LogP contribution in [0.15, 0.2) is 48.7 Å². The minimum atomic E-state index is -1.28. The number of aliphatic carboxylic acids is 1. The van der Waals surface area contributed by atoms with Crippen LogP contribution in [-0.4, -0.2) is 34.0 Å². The minimum Gasteiger partial charge on any atom is -0.481 e. The molecule has 7 rings (SSSR count). The van der Waals surface area contributed by atoms with E-state index in [0.29, 0.717) is 41.5 Å². The largest absolute Gasteiger partial charge is 0.481 e. The summed E-state index contributed by atoms with van der Waals surface area (Å²) in [6.45, 7) is 4.16. The SMILES string of the molecule is C[C@]1(c2ccc(Cl)cc2F)Oc2cccc(C3CCN(Cc4ncc([C@H]5CC5C(=O)O)cc4CC4(C#N)CC4)CC3)c2O1. The van der Waals surface area contributed by atoms with Gasteiger partial charge in [-0.1, -0.05) is 29.8 Å². The van der Waals surface area contributed by atoms with Crippen molar-refractivity contribution in [2.24, 2.45) is 11.3 Å². The maximum absolute atomic E-state index is 14.8. The fourth-order valence-electron chi connectivity index (χ4n) is 6.79. The summed E-state index contributed by atoms with van der Waals surface area (Å²) in [4.78, 5) is 18.7. The van der Waals surface area contributed by atoms with E-state index in [-0.39, 0.29) is 23.2 Å². The molecule has 43 heavy (non-hydrogen) atoms. The monoisotopic (exact) mass is 601 g/mol. The predicted molar refractivity (Wildman–Crippen MR) is 157 cm³/mol. The zero-order valence-corrected chi connectivity index (χ0v) is 24.7. The number of rotatable bonds is 8. The average Bonchev–Trinajstić information content (AvgIpc) is 3.91. The van der Waals surface area contributed by atoms with Gasteiger partial charge in [0.25, 0.3) is 5.79 Å². The number of carbonyl (C=O) groups is 1. The topological polar surface area (TPSA) is 95.7 Å². The summed E-state index contributed by atoms with van der Waals surface area (Å²) < 4.78 is 27.3. The van der Waals surface area contributed by atoms with Crippen molar-refractivity contribution in [2.45, 2.75) is 69.6 Å². The molecule has 1 aromatic heterocycles. The van der Waals surface area contributed by atoms with Gasteiger partial charge in [-0.25, -0.2) is 4.39 Å². The van der Waals surface area contributed by atoms with Gasteiger partial charge < -0.3 is 14.6 Å². The Hall–Kier alpha value is -3.67. The fourth-order valence-corrected chi connectivity index (χ4v) is 6.94. The first-order valence-corrected chi connectivity index (χ1v) is 15.4. The molecule has 2 aliphatic heterocycles. The molecule has 3 atom stereocenters. The zero-order chi connectivity index (χ0) is 29.9. The van der Waals surface area contributed by atoms with Gasteiger partial charge in [-0.3, -0.25) is 14.7 Å². The van der Waals surface area contributed by atoms with E-state index < -0.39 is 17.6 Å². The molecule has 4 aliphatic rings. The van der Waals surface area contributed by atoms with Gasteiger partial charge in [-0.05, 0) is 98.8 Å². The number of aromatic nitrogens is 1. The highest BCUT2D eigenvalue weighted by Gasteiger charge is 2.47. The lowest BCUT2D eigenvalue weighted by atomic mass is 9.88. The van der Waals surface area contributed by atoms with Gasteiger partial charge in [0.2, 0.25) is 0 Å². The van der Waals surface area contributed by atoms with Gasteiger partial charge in [0.15, 0.2) is 11.5 Å². The number of nitriles is 1. The van der Waals surface area contributed by atoms with Crippen LogP contribution in [0.4, 0.5) is 4.39 Å². The molecule has 0 amide bonds. The molecule has 3 fully saturated rings. The van der Waals surface area contributed by atoms with Crippen molar-refractivity contribution in [3.05, 3.63) is 87.4 Å². The van der Waals surface area contributed by atoms with Crippen molar-refractivity contribution in [1.29, 1.82) is 5.26 Å². The number of ether oxygens (including phenoxy) is 2. The predicted octanol–water partition coefficient (Wildman–Crippen LogP) is 6.93. The van der Waals surface area contributed by atoms with E-state index >= 15 is 0 Å². The molecule has 2 saturated carbocycles. The van der Waals surface area contributed by atoms with Gasteiger partial charge >= 0.3 is 5.97 Å². The summed E-state index contributed by atoms with van der Waals surface area (Å²) in [7, 11) is 0. The second kappa shape index (κ2) is 10.5. The van der Waals surface area contributed by atoms with Crippen molar-refractivity contribution < 1.29 is 23.8 Å². The van der Waals surface area contributed by atoms with Crippen LogP contribution in [-0.2, 0) is 23.5 Å². The zero-order valence-electron chi connectivity index (χ0n) is 24.0. The highest BCUT2D eigenvalue weighted by Crippen LogP contribution is 2.52. The van der Waals surface area contributed by atoms with E-state index in [0.717, 1.165) is 61.2 Å². The summed E-state index contributed by atoms with van der Waals surface area (Å²) in [5, 5.41) is 19.5. The third-order valence-electron chi connectivity index (χ3n) is 9.67. The van der Waals surface area contributed by atoms with Crippen LogP contribution in [0.25, 0.3) is 0 Å². The first kappa shape index (κ1) is 28.1. The molecule has 1 N–H and O–H groups in total. The van der Waals surface area contributed by atoms with E-state index in [1.54, 1.807) is 19.1 Å². The number of halogens is 2. The quantitative estimate of drug-likeness (QED) is 0.299. The van der Waals surface area contributed by atoms with E-state index in [1.165, 1.54) is 6.07 Å². The molecule has 1 saturated heterocycles. The number of hydrogen-bond donors (Lipinski definition) is 1. The Kier molecular flexibility index (Phi) is 6.87. The number of benzene rings is 2. The number of carboxylic acid groups (broad SMARTS) is 1. The van der Waals surface area contributed by atoms with Crippen molar-refractivity contribution in [1.82, 2.24) is 9.88 Å². The van der Waals surface area contributed by atoms with Crippen molar-refractivity contribution in [3.8, 4) is 17.6 Å². The number of piperidine rings is 1. The van der Waals surface area contributed by atoms with Crippen LogP contribution < -0.4 is 9.47 Å². The Morgan fingerprint density at radius 3 is 2.67 bits per heavy atom. The maximum atomic E-state index is 14.8. The maximum Gasteiger partial charge on any atom is 0.307 e. The van der Waals surface area contributed by atoms with E-state index in [4.69, 9.17) is 26.1 Å². The minimum absolute atomic E-state index is 0.0163. The lowest BCUT2D eigenvalue weighted by Crippen LogP contribution is -2.34. The fraction of sp³-hybridized carbons (Fsp3) is 0.441. The molecule has 2 aliphatic carbocycles. The van der Waals surface area contributed by atoms with Crippen molar-refractivity contribution >= 4 is 17.6 Å². The van der Waals surface area contributed by atoms with Crippen molar-refractivity contribution in [3.63, 3.8) is 0 Å².